The van der Waals surface area contributed by atoms with Crippen LogP contribution in [-0.2, 0) is 9.59 Å². The molecule has 2 fully saturated rings. The van der Waals surface area contributed by atoms with Gasteiger partial charge in [0.25, 0.3) is 0 Å². The van der Waals surface area contributed by atoms with Crippen molar-refractivity contribution in [3.63, 3.8) is 0 Å². The summed E-state index contributed by atoms with van der Waals surface area (Å²) in [4.78, 5) is 28.0. The Kier molecular flexibility index (Phi) is 4.29. The van der Waals surface area contributed by atoms with Crippen LogP contribution in [0.15, 0.2) is 84.9 Å². The highest BCUT2D eigenvalue weighted by molar-refractivity contribution is 6.22. The van der Waals surface area contributed by atoms with E-state index in [2.05, 4.69) is 12.2 Å². The maximum Gasteiger partial charge on any atom is 0.238 e. The number of amides is 2. The summed E-state index contributed by atoms with van der Waals surface area (Å²) in [5, 5.41) is 11.0. The normalized spacial score (nSPS) is 25.9. The number of fused-ring (bicyclic) bond motifs is 1. The number of imide groups is 1. The molecule has 3 aromatic carbocycles. The van der Waals surface area contributed by atoms with E-state index in [0.29, 0.717) is 11.3 Å². The zero-order valence-corrected chi connectivity index (χ0v) is 17.5. The maximum absolute atomic E-state index is 13.3. The van der Waals surface area contributed by atoms with Crippen LogP contribution in [0, 0.1) is 23.7 Å². The second-order valence-electron chi connectivity index (χ2n) is 8.97. The molecule has 7 rings (SSSR count). The van der Waals surface area contributed by atoms with Gasteiger partial charge >= 0.3 is 0 Å². The average Bonchev–Trinajstić information content (AvgIpc) is 3.13. The molecule has 2 bridgehead atoms. The smallest absolute Gasteiger partial charge is 0.238 e. The minimum Gasteiger partial charge on any atom is -0.507 e. The van der Waals surface area contributed by atoms with E-state index in [1.165, 1.54) is 4.90 Å². The van der Waals surface area contributed by atoms with Gasteiger partial charge in [-0.25, -0.2) is 4.90 Å². The fourth-order valence-corrected chi connectivity index (χ4v) is 5.77. The third-order valence-electron chi connectivity index (χ3n) is 7.30. The molecule has 3 aromatic rings. The molecule has 4 atom stereocenters. The zero-order valence-electron chi connectivity index (χ0n) is 17.5. The molecule has 158 valence electrons. The number of hydrogen-bond acceptors (Lipinski definition) is 3. The molecule has 4 nitrogen and oxygen atoms in total. The molecule has 4 aliphatic rings. The molecule has 0 spiro atoms. The van der Waals surface area contributed by atoms with Gasteiger partial charge in [-0.2, -0.15) is 0 Å². The topological polar surface area (TPSA) is 57.6 Å². The highest BCUT2D eigenvalue weighted by Crippen LogP contribution is 2.50. The van der Waals surface area contributed by atoms with Crippen LogP contribution in [0.5, 0.6) is 5.75 Å². The number of carbonyl (C=O) groups is 2. The SMILES string of the molecule is O=C1[C@@H]2[C@H](C(=O)N1c1cccc(-c3cccc(-c4ccccc4)c3O)c1)[C@@H]1C=C[C@H]2CC1. The first-order valence-corrected chi connectivity index (χ1v) is 11.2. The van der Waals surface area contributed by atoms with E-state index in [4.69, 9.17) is 0 Å². The molecule has 32 heavy (non-hydrogen) atoms. The van der Waals surface area contributed by atoms with Crippen molar-refractivity contribution in [2.75, 3.05) is 4.90 Å². The quantitative estimate of drug-likeness (QED) is 0.453. The molecule has 0 unspecified atom stereocenters. The van der Waals surface area contributed by atoms with Crippen molar-refractivity contribution in [3.05, 3.63) is 84.9 Å². The van der Waals surface area contributed by atoms with Gasteiger partial charge in [-0.15, -0.1) is 0 Å². The van der Waals surface area contributed by atoms with Crippen LogP contribution in [0.1, 0.15) is 12.8 Å². The van der Waals surface area contributed by atoms with Crippen LogP contribution >= 0.6 is 0 Å². The number of phenolic OH excluding ortho intramolecular Hbond substituents is 1. The summed E-state index contributed by atoms with van der Waals surface area (Å²) in [6, 6.07) is 22.8. The van der Waals surface area contributed by atoms with Crippen molar-refractivity contribution in [3.8, 4) is 28.0 Å². The van der Waals surface area contributed by atoms with Crippen molar-refractivity contribution >= 4 is 17.5 Å². The van der Waals surface area contributed by atoms with Crippen molar-refractivity contribution in [2.45, 2.75) is 12.8 Å². The van der Waals surface area contributed by atoms with E-state index in [1.807, 2.05) is 72.8 Å². The lowest BCUT2D eigenvalue weighted by Crippen LogP contribution is -2.38. The third-order valence-corrected chi connectivity index (χ3v) is 7.30. The Morgan fingerprint density at radius 1 is 0.688 bits per heavy atom. The first-order chi connectivity index (χ1) is 15.6. The highest BCUT2D eigenvalue weighted by Gasteiger charge is 2.56. The number of para-hydroxylation sites is 1. The van der Waals surface area contributed by atoms with Crippen molar-refractivity contribution in [1.82, 2.24) is 0 Å². The van der Waals surface area contributed by atoms with Gasteiger partial charge in [0.2, 0.25) is 11.8 Å². The molecule has 1 N–H and O–H groups in total. The molecular weight excluding hydrogens is 398 g/mol. The van der Waals surface area contributed by atoms with Crippen LogP contribution in [-0.4, -0.2) is 16.9 Å². The van der Waals surface area contributed by atoms with Gasteiger partial charge in [0.05, 0.1) is 17.5 Å². The first kappa shape index (κ1) is 19.1. The van der Waals surface area contributed by atoms with Gasteiger partial charge in [0.15, 0.2) is 0 Å². The molecule has 0 radical (unpaired) electrons. The average molecular weight is 421 g/mol. The Labute approximate surface area is 186 Å². The molecule has 3 aliphatic carbocycles. The zero-order chi connectivity index (χ0) is 21.8. The number of carbonyl (C=O) groups excluding carboxylic acids is 2. The monoisotopic (exact) mass is 421 g/mol. The summed E-state index contributed by atoms with van der Waals surface area (Å²) in [7, 11) is 0. The summed E-state index contributed by atoms with van der Waals surface area (Å²) < 4.78 is 0. The fraction of sp³-hybridized carbons (Fsp3) is 0.214. The number of hydrogen-bond donors (Lipinski definition) is 1. The maximum atomic E-state index is 13.3. The molecule has 1 saturated carbocycles. The molecule has 1 aliphatic heterocycles. The largest absolute Gasteiger partial charge is 0.507 e. The summed E-state index contributed by atoms with van der Waals surface area (Å²) >= 11 is 0. The van der Waals surface area contributed by atoms with Gasteiger partial charge in [0.1, 0.15) is 5.75 Å². The van der Waals surface area contributed by atoms with Gasteiger partial charge in [-0.1, -0.05) is 72.8 Å². The van der Waals surface area contributed by atoms with E-state index in [9.17, 15) is 14.7 Å². The first-order valence-electron chi connectivity index (χ1n) is 11.2. The second-order valence-corrected chi connectivity index (χ2v) is 8.97. The Balaban J connectivity index is 1.39. The van der Waals surface area contributed by atoms with Crippen molar-refractivity contribution < 1.29 is 14.7 Å². The molecule has 2 amide bonds. The lowest BCUT2D eigenvalue weighted by molar-refractivity contribution is -0.124. The molecule has 1 saturated heterocycles. The predicted molar refractivity (Wildman–Crippen MR) is 124 cm³/mol. The number of rotatable bonds is 3. The lowest BCUT2D eigenvalue weighted by Gasteiger charge is -2.38. The van der Waals surface area contributed by atoms with Gasteiger partial charge in [0, 0.05) is 11.1 Å². The standard InChI is InChI=1S/C28H23NO3/c30-26-22(17-6-2-1-3-7-17)10-5-11-23(26)20-8-4-9-21(16-20)29-27(31)24-18-12-13-19(15-14-18)25(24)28(29)32/h1-13,16,18-19,24-25,30H,14-15H2/t18-,19+,24-,25+. The second kappa shape index (κ2) is 7.20. The van der Waals surface area contributed by atoms with E-state index in [0.717, 1.165) is 29.5 Å². The van der Waals surface area contributed by atoms with Crippen LogP contribution < -0.4 is 4.90 Å². The van der Waals surface area contributed by atoms with Gasteiger partial charge < -0.3 is 5.11 Å². The Morgan fingerprint density at radius 3 is 1.88 bits per heavy atom. The minimum atomic E-state index is -0.232. The summed E-state index contributed by atoms with van der Waals surface area (Å²) in [5.74, 6) is -0.111. The van der Waals surface area contributed by atoms with E-state index in [1.54, 1.807) is 0 Å². The van der Waals surface area contributed by atoms with Crippen molar-refractivity contribution in [2.24, 2.45) is 23.7 Å². The summed E-state index contributed by atoms with van der Waals surface area (Å²) in [5.41, 5.74) is 3.70. The summed E-state index contributed by atoms with van der Waals surface area (Å²) in [6.45, 7) is 0. The van der Waals surface area contributed by atoms with Gasteiger partial charge in [-0.05, 0) is 47.9 Å². The predicted octanol–water partition coefficient (Wildman–Crippen LogP) is 5.43. The van der Waals surface area contributed by atoms with Crippen LogP contribution in [0.25, 0.3) is 22.3 Å². The minimum absolute atomic E-state index is 0.0848. The van der Waals surface area contributed by atoms with E-state index < -0.39 is 0 Å². The number of phenols is 1. The fourth-order valence-electron chi connectivity index (χ4n) is 5.77. The van der Waals surface area contributed by atoms with E-state index >= 15 is 0 Å². The lowest BCUT2D eigenvalue weighted by atomic mass is 9.63. The molecule has 1 heterocycles. The Morgan fingerprint density at radius 2 is 1.25 bits per heavy atom. The number of benzene rings is 3. The van der Waals surface area contributed by atoms with E-state index in [-0.39, 0.29) is 41.2 Å². The third kappa shape index (κ3) is 2.76. The number of allylic oxidation sites excluding steroid dienone is 2. The van der Waals surface area contributed by atoms with Crippen LogP contribution in [0.4, 0.5) is 5.69 Å². The number of anilines is 1. The molecule has 0 aromatic heterocycles. The molecule has 4 heteroatoms. The Bertz CT molecular complexity index is 1230. The highest BCUT2D eigenvalue weighted by atomic mass is 16.3. The molecular formula is C28H23NO3. The Hall–Kier alpha value is -3.66. The van der Waals surface area contributed by atoms with Crippen LogP contribution in [0.2, 0.25) is 0 Å². The number of nitrogens with zero attached hydrogens (tertiary/aromatic N) is 1. The van der Waals surface area contributed by atoms with Gasteiger partial charge in [-0.3, -0.25) is 9.59 Å². The van der Waals surface area contributed by atoms with Crippen LogP contribution in [0.3, 0.4) is 0 Å². The van der Waals surface area contributed by atoms with Crippen molar-refractivity contribution in [1.29, 1.82) is 0 Å². The number of aromatic hydroxyl groups is 1. The summed E-state index contributed by atoms with van der Waals surface area (Å²) in [6.07, 6.45) is 6.23.